The Morgan fingerprint density at radius 2 is 2.00 bits per heavy atom. The lowest BCUT2D eigenvalue weighted by Gasteiger charge is -2.34. The van der Waals surface area contributed by atoms with Gasteiger partial charge >= 0.3 is 5.97 Å². The van der Waals surface area contributed by atoms with Gasteiger partial charge in [0.1, 0.15) is 12.9 Å². The molecule has 4 heterocycles. The quantitative estimate of drug-likeness (QED) is 0.617. The van der Waals surface area contributed by atoms with Gasteiger partial charge < -0.3 is 9.47 Å². The van der Waals surface area contributed by atoms with Crippen molar-refractivity contribution >= 4 is 5.97 Å². The van der Waals surface area contributed by atoms with Crippen LogP contribution in [0.25, 0.3) is 5.95 Å². The van der Waals surface area contributed by atoms with Crippen LogP contribution in [0.5, 0.6) is 0 Å². The summed E-state index contributed by atoms with van der Waals surface area (Å²) in [6.45, 7) is 7.38. The van der Waals surface area contributed by atoms with Gasteiger partial charge in [0.25, 0.3) is 0 Å². The molecule has 8 heteroatoms. The van der Waals surface area contributed by atoms with E-state index in [1.165, 1.54) is 0 Å². The van der Waals surface area contributed by atoms with Gasteiger partial charge in [0.15, 0.2) is 0 Å². The molecule has 0 radical (unpaired) electrons. The van der Waals surface area contributed by atoms with Crippen LogP contribution in [0.3, 0.4) is 0 Å². The van der Waals surface area contributed by atoms with Crippen molar-refractivity contribution in [3.05, 3.63) is 70.6 Å². The van der Waals surface area contributed by atoms with Crippen LogP contribution in [0, 0.1) is 13.8 Å². The molecule has 1 saturated heterocycles. The molecular formula is C22H23N5O3. The summed E-state index contributed by atoms with van der Waals surface area (Å²) < 4.78 is 13.1. The third-order valence-electron chi connectivity index (χ3n) is 5.75. The maximum absolute atomic E-state index is 11.8. The van der Waals surface area contributed by atoms with E-state index in [0.717, 1.165) is 47.6 Å². The maximum Gasteiger partial charge on any atom is 0.338 e. The monoisotopic (exact) mass is 405 g/mol. The Kier molecular flexibility index (Phi) is 4.80. The Balaban J connectivity index is 1.29. The lowest BCUT2D eigenvalue weighted by molar-refractivity contribution is -0.0333. The van der Waals surface area contributed by atoms with Crippen LogP contribution in [0.4, 0.5) is 0 Å². The summed E-state index contributed by atoms with van der Waals surface area (Å²) in [4.78, 5) is 27.3. The number of morpholine rings is 1. The zero-order chi connectivity index (χ0) is 20.7. The second-order valence-corrected chi connectivity index (χ2v) is 7.79. The molecule has 154 valence electrons. The van der Waals surface area contributed by atoms with Gasteiger partial charge in [-0.1, -0.05) is 6.07 Å². The number of ether oxygens (including phenoxy) is 2. The van der Waals surface area contributed by atoms with Crippen LogP contribution in [-0.2, 0) is 22.6 Å². The zero-order valence-electron chi connectivity index (χ0n) is 17.0. The summed E-state index contributed by atoms with van der Waals surface area (Å²) in [5.74, 6) is 0.380. The maximum atomic E-state index is 11.8. The summed E-state index contributed by atoms with van der Waals surface area (Å²) in [5.41, 5.74) is 5.86. The van der Waals surface area contributed by atoms with Crippen LogP contribution in [0.15, 0.2) is 37.1 Å². The van der Waals surface area contributed by atoms with E-state index in [9.17, 15) is 4.79 Å². The molecule has 1 unspecified atom stereocenters. The first-order chi connectivity index (χ1) is 14.6. The van der Waals surface area contributed by atoms with Crippen molar-refractivity contribution in [2.24, 2.45) is 0 Å². The Morgan fingerprint density at radius 1 is 1.17 bits per heavy atom. The van der Waals surface area contributed by atoms with Crippen molar-refractivity contribution in [3.63, 3.8) is 0 Å². The van der Waals surface area contributed by atoms with Gasteiger partial charge in [0.05, 0.1) is 24.0 Å². The van der Waals surface area contributed by atoms with E-state index in [4.69, 9.17) is 9.47 Å². The van der Waals surface area contributed by atoms with Gasteiger partial charge in [-0.3, -0.25) is 9.47 Å². The molecule has 0 saturated carbocycles. The topological polar surface area (TPSA) is 82.4 Å². The minimum Gasteiger partial charge on any atom is -0.457 e. The number of aromatic nitrogens is 4. The largest absolute Gasteiger partial charge is 0.457 e. The predicted molar refractivity (Wildman–Crippen MR) is 108 cm³/mol. The molecule has 0 spiro atoms. The molecule has 0 N–H and O–H groups in total. The van der Waals surface area contributed by atoms with Crippen molar-refractivity contribution in [2.75, 3.05) is 19.7 Å². The number of fused-ring (bicyclic) bond motifs is 1. The second kappa shape index (κ2) is 7.62. The third-order valence-corrected chi connectivity index (χ3v) is 5.75. The van der Waals surface area contributed by atoms with Crippen LogP contribution >= 0.6 is 0 Å². The van der Waals surface area contributed by atoms with Crippen LogP contribution in [0.2, 0.25) is 0 Å². The fourth-order valence-corrected chi connectivity index (χ4v) is 4.10. The SMILES string of the molecule is Cc1cn(-c2ncc(CN3CCOC(c4ccc5c(c4C)COC5=O)C3)cn2)cn1. The van der Waals surface area contributed by atoms with Crippen LogP contribution < -0.4 is 0 Å². The number of carbonyl (C=O) groups is 1. The molecule has 30 heavy (non-hydrogen) atoms. The van der Waals surface area contributed by atoms with Gasteiger partial charge in [-0.05, 0) is 31.0 Å². The lowest BCUT2D eigenvalue weighted by atomic mass is 9.94. The molecule has 1 fully saturated rings. The van der Waals surface area contributed by atoms with Crippen molar-refractivity contribution in [3.8, 4) is 5.95 Å². The van der Waals surface area contributed by atoms with Gasteiger partial charge in [-0.2, -0.15) is 0 Å². The number of rotatable bonds is 4. The van der Waals surface area contributed by atoms with E-state index < -0.39 is 0 Å². The van der Waals surface area contributed by atoms with E-state index >= 15 is 0 Å². The van der Waals surface area contributed by atoms with Gasteiger partial charge in [0, 0.05) is 49.4 Å². The number of hydrogen-bond acceptors (Lipinski definition) is 7. The van der Waals surface area contributed by atoms with E-state index in [0.29, 0.717) is 24.7 Å². The minimum absolute atomic E-state index is 0.0335. The van der Waals surface area contributed by atoms with E-state index in [1.807, 2.05) is 49.1 Å². The fourth-order valence-electron chi connectivity index (χ4n) is 4.10. The Hall–Kier alpha value is -3.10. The Morgan fingerprint density at radius 3 is 2.77 bits per heavy atom. The highest BCUT2D eigenvalue weighted by molar-refractivity contribution is 5.93. The molecule has 1 atom stereocenters. The van der Waals surface area contributed by atoms with E-state index in [1.54, 1.807) is 6.33 Å². The van der Waals surface area contributed by atoms with Gasteiger partial charge in [0.2, 0.25) is 5.95 Å². The number of carbonyl (C=O) groups excluding carboxylic acids is 1. The summed E-state index contributed by atoms with van der Waals surface area (Å²) in [6, 6.07) is 3.86. The molecule has 0 bridgehead atoms. The predicted octanol–water partition coefficient (Wildman–Crippen LogP) is 2.52. The highest BCUT2D eigenvalue weighted by atomic mass is 16.5. The van der Waals surface area contributed by atoms with Crippen molar-refractivity contribution in [2.45, 2.75) is 33.1 Å². The van der Waals surface area contributed by atoms with Crippen molar-refractivity contribution in [1.82, 2.24) is 24.4 Å². The second-order valence-electron chi connectivity index (χ2n) is 7.79. The van der Waals surface area contributed by atoms with Gasteiger partial charge in [-0.15, -0.1) is 0 Å². The Bertz CT molecular complexity index is 1090. The molecule has 0 amide bonds. The van der Waals surface area contributed by atoms with E-state index in [-0.39, 0.29) is 12.1 Å². The summed E-state index contributed by atoms with van der Waals surface area (Å²) >= 11 is 0. The van der Waals surface area contributed by atoms with E-state index in [2.05, 4.69) is 19.9 Å². The Labute approximate surface area is 174 Å². The van der Waals surface area contributed by atoms with Crippen molar-refractivity contribution < 1.29 is 14.3 Å². The highest BCUT2D eigenvalue weighted by Gasteiger charge is 2.29. The molecule has 2 aliphatic rings. The lowest BCUT2D eigenvalue weighted by Crippen LogP contribution is -2.38. The zero-order valence-corrected chi connectivity index (χ0v) is 17.0. The average Bonchev–Trinajstić information content (AvgIpc) is 3.35. The highest BCUT2D eigenvalue weighted by Crippen LogP contribution is 2.32. The molecule has 1 aromatic carbocycles. The smallest absolute Gasteiger partial charge is 0.338 e. The minimum atomic E-state index is -0.236. The first-order valence-corrected chi connectivity index (χ1v) is 10.0. The van der Waals surface area contributed by atoms with Crippen LogP contribution in [-0.4, -0.2) is 50.1 Å². The first kappa shape index (κ1) is 18.9. The molecule has 5 rings (SSSR count). The summed E-state index contributed by atoms with van der Waals surface area (Å²) in [7, 11) is 0. The molecule has 8 nitrogen and oxygen atoms in total. The number of benzene rings is 1. The molecule has 2 aromatic heterocycles. The van der Waals surface area contributed by atoms with Gasteiger partial charge in [-0.25, -0.2) is 19.7 Å². The number of nitrogens with zero attached hydrogens (tertiary/aromatic N) is 5. The van der Waals surface area contributed by atoms with Crippen molar-refractivity contribution in [1.29, 1.82) is 0 Å². The van der Waals surface area contributed by atoms with Crippen LogP contribution in [0.1, 0.15) is 44.4 Å². The first-order valence-electron chi connectivity index (χ1n) is 10.0. The molecular weight excluding hydrogens is 382 g/mol. The molecule has 2 aliphatic heterocycles. The number of esters is 1. The summed E-state index contributed by atoms with van der Waals surface area (Å²) in [6.07, 6.45) is 7.32. The molecule has 0 aliphatic carbocycles. The standard InChI is InChI=1S/C22H23N5O3/c1-14-9-27(13-25-14)22-23-7-16(8-24-22)10-26-5-6-29-20(11-26)17-3-4-18-19(15(17)2)12-30-21(18)28/h3-4,7-9,13,20H,5-6,10-12H2,1-2H3. The average molecular weight is 405 g/mol. The third kappa shape index (κ3) is 3.48. The number of aryl methyl sites for hydroxylation is 1. The number of imidazole rings is 1. The summed E-state index contributed by atoms with van der Waals surface area (Å²) in [5, 5.41) is 0. The number of cyclic esters (lactones) is 1. The number of hydrogen-bond donors (Lipinski definition) is 0. The molecule has 3 aromatic rings. The fraction of sp³-hybridized carbons (Fsp3) is 0.364. The normalized spacial score (nSPS) is 19.0.